The smallest absolute Gasteiger partial charge is 0.251 e. The first kappa shape index (κ1) is 12.9. The largest absolute Gasteiger partial charge is 0.297 e. The molecule has 3 rings (SSSR count). The number of fused-ring (bicyclic) bond motifs is 1. The van der Waals surface area contributed by atoms with Gasteiger partial charge in [-0.2, -0.15) is 5.48 Å². The molecule has 2 nitrogen and oxygen atoms in total. The van der Waals surface area contributed by atoms with Gasteiger partial charge in [0.05, 0.1) is 6.10 Å². The molecule has 2 aliphatic rings. The highest BCUT2D eigenvalue weighted by Gasteiger charge is 2.61. The topological polar surface area (TPSA) is 21.3 Å². The summed E-state index contributed by atoms with van der Waals surface area (Å²) in [5, 5.41) is 0. The zero-order valence-corrected chi connectivity index (χ0v) is 10.0. The first-order chi connectivity index (χ1) is 8.98. The fourth-order valence-corrected chi connectivity index (χ4v) is 3.12. The third kappa shape index (κ3) is 1.85. The Kier molecular flexibility index (Phi) is 2.83. The van der Waals surface area contributed by atoms with Crippen LogP contribution in [0.5, 0.6) is 0 Å². The van der Waals surface area contributed by atoms with Crippen molar-refractivity contribution < 1.29 is 22.4 Å². The van der Waals surface area contributed by atoms with Gasteiger partial charge >= 0.3 is 0 Å². The average Bonchev–Trinajstić information content (AvgIpc) is 2.84. The summed E-state index contributed by atoms with van der Waals surface area (Å²) in [6.07, 6.45) is -1.74. The van der Waals surface area contributed by atoms with Gasteiger partial charge in [-0.1, -0.05) is 18.2 Å². The highest BCUT2D eigenvalue weighted by molar-refractivity contribution is 5.30. The minimum atomic E-state index is -2.89. The van der Waals surface area contributed by atoms with E-state index in [2.05, 4.69) is 5.48 Å². The molecule has 0 radical (unpaired) electrons. The number of hydroxylamine groups is 1. The zero-order valence-electron chi connectivity index (χ0n) is 10.0. The van der Waals surface area contributed by atoms with Gasteiger partial charge in [-0.05, 0) is 6.07 Å². The van der Waals surface area contributed by atoms with Gasteiger partial charge in [-0.3, -0.25) is 4.84 Å². The molecule has 1 saturated heterocycles. The molecule has 1 aliphatic carbocycles. The summed E-state index contributed by atoms with van der Waals surface area (Å²) in [7, 11) is 0. The average molecular weight is 275 g/mol. The molecule has 2 fully saturated rings. The molecule has 0 spiro atoms. The maximum absolute atomic E-state index is 13.9. The third-order valence-corrected chi connectivity index (χ3v) is 4.06. The number of alkyl halides is 3. The molecule has 6 heteroatoms. The molecule has 19 heavy (non-hydrogen) atoms. The Balaban J connectivity index is 2.04. The van der Waals surface area contributed by atoms with Crippen LogP contribution in [-0.2, 0) is 10.4 Å². The first-order valence-corrected chi connectivity index (χ1v) is 6.10. The van der Waals surface area contributed by atoms with Gasteiger partial charge in [-0.15, -0.1) is 0 Å². The Labute approximate surface area is 107 Å². The molecule has 1 aromatic rings. The molecule has 1 N–H and O–H groups in total. The van der Waals surface area contributed by atoms with E-state index < -0.39 is 48.8 Å². The van der Waals surface area contributed by atoms with Crippen molar-refractivity contribution in [1.29, 1.82) is 0 Å². The fourth-order valence-electron chi connectivity index (χ4n) is 3.12. The molecule has 0 amide bonds. The summed E-state index contributed by atoms with van der Waals surface area (Å²) in [5.41, 5.74) is 0.995. The Bertz CT molecular complexity index is 495. The number of hydrogen-bond donors (Lipinski definition) is 1. The van der Waals surface area contributed by atoms with E-state index >= 15 is 0 Å². The zero-order chi connectivity index (χ0) is 13.7. The normalized spacial score (nSPS) is 36.4. The second-order valence-corrected chi connectivity index (χ2v) is 5.21. The number of rotatable bonds is 2. The van der Waals surface area contributed by atoms with Gasteiger partial charge in [0.1, 0.15) is 18.0 Å². The maximum atomic E-state index is 13.9. The van der Waals surface area contributed by atoms with Crippen molar-refractivity contribution in [3.8, 4) is 0 Å². The summed E-state index contributed by atoms with van der Waals surface area (Å²) in [6.45, 7) is -0.995. The Hall–Kier alpha value is -1.14. The van der Waals surface area contributed by atoms with E-state index in [1.165, 1.54) is 18.2 Å². The molecule has 3 atom stereocenters. The summed E-state index contributed by atoms with van der Waals surface area (Å²) in [6, 6.07) is 5.62. The Morgan fingerprint density at radius 3 is 2.68 bits per heavy atom. The van der Waals surface area contributed by atoms with Crippen LogP contribution < -0.4 is 5.48 Å². The molecular weight excluding hydrogens is 262 g/mol. The number of hydrogen-bond acceptors (Lipinski definition) is 2. The van der Waals surface area contributed by atoms with E-state index in [1.54, 1.807) is 6.07 Å². The van der Waals surface area contributed by atoms with Gasteiger partial charge in [0, 0.05) is 24.3 Å². The molecule has 1 heterocycles. The minimum Gasteiger partial charge on any atom is -0.297 e. The van der Waals surface area contributed by atoms with Crippen LogP contribution in [-0.4, -0.2) is 18.7 Å². The lowest BCUT2D eigenvalue weighted by atomic mass is 9.78. The molecule has 1 aromatic carbocycles. The summed E-state index contributed by atoms with van der Waals surface area (Å²) < 4.78 is 54.3. The van der Waals surface area contributed by atoms with Crippen LogP contribution in [0.25, 0.3) is 0 Å². The van der Waals surface area contributed by atoms with E-state index in [-0.39, 0.29) is 5.56 Å². The molecule has 1 saturated carbocycles. The van der Waals surface area contributed by atoms with E-state index in [0.717, 1.165) is 0 Å². The predicted octanol–water partition coefficient (Wildman–Crippen LogP) is 2.94. The molecule has 3 unspecified atom stereocenters. The predicted molar refractivity (Wildman–Crippen MR) is 59.7 cm³/mol. The lowest BCUT2D eigenvalue weighted by molar-refractivity contribution is -0.0554. The second kappa shape index (κ2) is 4.18. The molecule has 104 valence electrons. The number of benzene rings is 1. The van der Waals surface area contributed by atoms with E-state index in [4.69, 9.17) is 4.84 Å². The van der Waals surface area contributed by atoms with Gasteiger partial charge in [-0.25, -0.2) is 17.6 Å². The summed E-state index contributed by atoms with van der Waals surface area (Å²) >= 11 is 0. The Morgan fingerprint density at radius 1 is 1.26 bits per heavy atom. The number of nitrogens with one attached hydrogen (secondary N) is 1. The molecule has 0 aromatic heterocycles. The lowest BCUT2D eigenvalue weighted by Crippen LogP contribution is -2.45. The molecule has 1 aliphatic heterocycles. The van der Waals surface area contributed by atoms with Crippen molar-refractivity contribution in [2.24, 2.45) is 5.92 Å². The van der Waals surface area contributed by atoms with Crippen molar-refractivity contribution in [3.05, 3.63) is 35.6 Å². The van der Waals surface area contributed by atoms with Gasteiger partial charge in [0.15, 0.2) is 0 Å². The van der Waals surface area contributed by atoms with Crippen molar-refractivity contribution in [2.75, 3.05) is 6.67 Å². The van der Waals surface area contributed by atoms with Crippen LogP contribution in [0.1, 0.15) is 18.4 Å². The van der Waals surface area contributed by atoms with Crippen molar-refractivity contribution in [3.63, 3.8) is 0 Å². The number of halogens is 4. The van der Waals surface area contributed by atoms with E-state index in [0.29, 0.717) is 0 Å². The van der Waals surface area contributed by atoms with Crippen molar-refractivity contribution in [2.45, 2.75) is 30.4 Å². The first-order valence-electron chi connectivity index (χ1n) is 6.10. The van der Waals surface area contributed by atoms with Crippen LogP contribution >= 0.6 is 0 Å². The van der Waals surface area contributed by atoms with E-state index in [9.17, 15) is 17.6 Å². The molecular formula is C13H13F4NO. The minimum absolute atomic E-state index is 0.0442. The fraction of sp³-hybridized carbons (Fsp3) is 0.538. The second-order valence-electron chi connectivity index (χ2n) is 5.21. The van der Waals surface area contributed by atoms with Gasteiger partial charge in [0.25, 0.3) is 5.92 Å². The maximum Gasteiger partial charge on any atom is 0.251 e. The molecule has 0 bridgehead atoms. The highest BCUT2D eigenvalue weighted by atomic mass is 19.3. The van der Waals surface area contributed by atoms with Crippen LogP contribution in [0.3, 0.4) is 0 Å². The lowest BCUT2D eigenvalue weighted by Gasteiger charge is -2.31. The SMILES string of the molecule is FCC1(c2ccccc2F)NOC2CC(F)(F)CC21. The standard InChI is InChI=1S/C13H13F4NO/c14-7-13(8-3-1-2-4-10(8)15)9-5-12(16,17)6-11(9)19-18-13/h1-4,9,11,18H,5-7H2. The summed E-state index contributed by atoms with van der Waals surface area (Å²) in [5.74, 6) is -4.28. The third-order valence-electron chi connectivity index (χ3n) is 4.06. The summed E-state index contributed by atoms with van der Waals surface area (Å²) in [4.78, 5) is 5.09. The van der Waals surface area contributed by atoms with Crippen LogP contribution in [0.2, 0.25) is 0 Å². The van der Waals surface area contributed by atoms with E-state index in [1.807, 2.05) is 0 Å². The van der Waals surface area contributed by atoms with Crippen LogP contribution in [0, 0.1) is 11.7 Å². The van der Waals surface area contributed by atoms with Crippen molar-refractivity contribution in [1.82, 2.24) is 5.48 Å². The van der Waals surface area contributed by atoms with Gasteiger partial charge in [0.2, 0.25) is 0 Å². The van der Waals surface area contributed by atoms with Gasteiger partial charge < -0.3 is 0 Å². The van der Waals surface area contributed by atoms with Crippen molar-refractivity contribution >= 4 is 0 Å². The van der Waals surface area contributed by atoms with Crippen LogP contribution in [0.4, 0.5) is 17.6 Å². The quantitative estimate of drug-likeness (QED) is 0.838. The highest BCUT2D eigenvalue weighted by Crippen LogP contribution is 2.52. The monoisotopic (exact) mass is 275 g/mol. The Morgan fingerprint density at radius 2 is 2.00 bits per heavy atom. The van der Waals surface area contributed by atoms with Crippen LogP contribution in [0.15, 0.2) is 24.3 Å².